The first-order valence-corrected chi connectivity index (χ1v) is 10.6. The summed E-state index contributed by atoms with van der Waals surface area (Å²) < 4.78 is 7.22. The fourth-order valence-corrected chi connectivity index (χ4v) is 4.77. The van der Waals surface area contributed by atoms with Gasteiger partial charge in [0, 0.05) is 28.4 Å². The summed E-state index contributed by atoms with van der Waals surface area (Å²) in [6, 6.07) is 14.7. The summed E-state index contributed by atoms with van der Waals surface area (Å²) in [5.74, 6) is 1.31. The SMILES string of the molecule is COc1ccccc1NC(=O)N1CCc2c(sc3nc(-c4ccc(Cl)cc4)nn23)C1. The second-order valence-corrected chi connectivity index (χ2v) is 8.41. The van der Waals surface area contributed by atoms with Crippen molar-refractivity contribution in [2.75, 3.05) is 19.0 Å². The van der Waals surface area contributed by atoms with E-state index in [9.17, 15) is 4.79 Å². The first-order valence-electron chi connectivity index (χ1n) is 9.44. The van der Waals surface area contributed by atoms with Gasteiger partial charge in [0.1, 0.15) is 5.75 Å². The van der Waals surface area contributed by atoms with Crippen LogP contribution in [0.1, 0.15) is 10.6 Å². The van der Waals surface area contributed by atoms with Crippen molar-refractivity contribution in [1.82, 2.24) is 19.5 Å². The van der Waals surface area contributed by atoms with Crippen LogP contribution in [0, 0.1) is 0 Å². The van der Waals surface area contributed by atoms with Crippen molar-refractivity contribution >= 4 is 39.6 Å². The Morgan fingerprint density at radius 2 is 2.00 bits per heavy atom. The maximum atomic E-state index is 12.8. The quantitative estimate of drug-likeness (QED) is 0.501. The van der Waals surface area contributed by atoms with E-state index in [4.69, 9.17) is 16.3 Å². The number of nitrogens with one attached hydrogen (secondary N) is 1. The van der Waals surface area contributed by atoms with Crippen molar-refractivity contribution in [1.29, 1.82) is 0 Å². The highest BCUT2D eigenvalue weighted by atomic mass is 35.5. The van der Waals surface area contributed by atoms with Crippen molar-refractivity contribution in [2.24, 2.45) is 0 Å². The van der Waals surface area contributed by atoms with Crippen molar-refractivity contribution in [3.63, 3.8) is 0 Å². The van der Waals surface area contributed by atoms with E-state index in [1.807, 2.05) is 53.0 Å². The Balaban J connectivity index is 1.36. The molecule has 0 spiro atoms. The number of fused-ring (bicyclic) bond motifs is 3. The van der Waals surface area contributed by atoms with Crippen LogP contribution in [-0.4, -0.2) is 39.2 Å². The van der Waals surface area contributed by atoms with Gasteiger partial charge in [-0.15, -0.1) is 5.10 Å². The Morgan fingerprint density at radius 1 is 1.20 bits per heavy atom. The lowest BCUT2D eigenvalue weighted by Crippen LogP contribution is -2.38. The molecule has 9 heteroatoms. The zero-order valence-corrected chi connectivity index (χ0v) is 17.7. The third-order valence-electron chi connectivity index (χ3n) is 5.06. The molecule has 0 aliphatic carbocycles. The van der Waals surface area contributed by atoms with Gasteiger partial charge >= 0.3 is 6.03 Å². The largest absolute Gasteiger partial charge is 0.495 e. The summed E-state index contributed by atoms with van der Waals surface area (Å²) in [5, 5.41) is 8.31. The molecule has 0 fully saturated rings. The predicted molar refractivity (Wildman–Crippen MR) is 117 cm³/mol. The van der Waals surface area contributed by atoms with E-state index in [0.29, 0.717) is 35.4 Å². The third-order valence-corrected chi connectivity index (χ3v) is 6.37. The molecule has 4 aromatic rings. The number of para-hydroxylation sites is 2. The number of hydrogen-bond acceptors (Lipinski definition) is 5. The molecule has 5 rings (SSSR count). The van der Waals surface area contributed by atoms with Gasteiger partial charge in [0.05, 0.1) is 25.0 Å². The maximum Gasteiger partial charge on any atom is 0.322 e. The van der Waals surface area contributed by atoms with Gasteiger partial charge in [-0.05, 0) is 36.4 Å². The highest BCUT2D eigenvalue weighted by Gasteiger charge is 2.26. The number of carbonyl (C=O) groups excluding carboxylic acids is 1. The smallest absolute Gasteiger partial charge is 0.322 e. The number of urea groups is 1. The summed E-state index contributed by atoms with van der Waals surface area (Å²) in [5.41, 5.74) is 2.70. The van der Waals surface area contributed by atoms with Crippen molar-refractivity contribution < 1.29 is 9.53 Å². The number of amides is 2. The molecule has 152 valence electrons. The normalized spacial score (nSPS) is 13.3. The average molecular weight is 440 g/mol. The van der Waals surface area contributed by atoms with Gasteiger partial charge in [-0.2, -0.15) is 4.98 Å². The number of benzene rings is 2. The second kappa shape index (κ2) is 7.62. The van der Waals surface area contributed by atoms with Crippen LogP contribution in [0.3, 0.4) is 0 Å². The van der Waals surface area contributed by atoms with Gasteiger partial charge in [0.15, 0.2) is 5.82 Å². The summed E-state index contributed by atoms with van der Waals surface area (Å²) >= 11 is 7.54. The van der Waals surface area contributed by atoms with Crippen LogP contribution in [0.25, 0.3) is 16.3 Å². The van der Waals surface area contributed by atoms with Crippen LogP contribution in [0.4, 0.5) is 10.5 Å². The first-order chi connectivity index (χ1) is 14.6. The molecule has 2 aromatic carbocycles. The van der Waals surface area contributed by atoms with Gasteiger partial charge in [-0.3, -0.25) is 0 Å². The van der Waals surface area contributed by atoms with E-state index in [1.165, 1.54) is 0 Å². The molecule has 7 nitrogen and oxygen atoms in total. The van der Waals surface area contributed by atoms with E-state index >= 15 is 0 Å². The highest BCUT2D eigenvalue weighted by molar-refractivity contribution is 7.17. The molecule has 30 heavy (non-hydrogen) atoms. The molecule has 1 N–H and O–H groups in total. The van der Waals surface area contributed by atoms with Crippen LogP contribution in [0.2, 0.25) is 5.02 Å². The van der Waals surface area contributed by atoms with Gasteiger partial charge in [0.25, 0.3) is 0 Å². The first kappa shape index (κ1) is 18.9. The molecule has 0 radical (unpaired) electrons. The molecule has 0 saturated heterocycles. The Labute approximate surface area is 181 Å². The Hall–Kier alpha value is -3.10. The number of aromatic nitrogens is 3. The van der Waals surface area contributed by atoms with Crippen LogP contribution >= 0.6 is 22.9 Å². The zero-order chi connectivity index (χ0) is 20.7. The summed E-state index contributed by atoms with van der Waals surface area (Å²) in [4.78, 5) is 21.2. The van der Waals surface area contributed by atoms with Crippen LogP contribution in [-0.2, 0) is 13.0 Å². The van der Waals surface area contributed by atoms with Gasteiger partial charge in [0.2, 0.25) is 4.96 Å². The molecule has 0 atom stereocenters. The monoisotopic (exact) mass is 439 g/mol. The van der Waals surface area contributed by atoms with Gasteiger partial charge in [-0.25, -0.2) is 9.31 Å². The number of nitrogens with zero attached hydrogens (tertiary/aromatic N) is 4. The number of anilines is 1. The van der Waals surface area contributed by atoms with Crippen molar-refractivity contribution in [2.45, 2.75) is 13.0 Å². The van der Waals surface area contributed by atoms with Crippen molar-refractivity contribution in [3.8, 4) is 17.1 Å². The number of thiazole rings is 1. The number of hydrogen-bond donors (Lipinski definition) is 1. The average Bonchev–Trinajstić information content (AvgIpc) is 3.32. The van der Waals surface area contributed by atoms with Gasteiger partial charge in [-0.1, -0.05) is 35.1 Å². The van der Waals surface area contributed by atoms with E-state index in [2.05, 4.69) is 15.4 Å². The summed E-state index contributed by atoms with van der Waals surface area (Å²) in [6.07, 6.45) is 0.720. The Kier molecular flexibility index (Phi) is 4.80. The van der Waals surface area contributed by atoms with Crippen molar-refractivity contribution in [3.05, 3.63) is 64.1 Å². The van der Waals surface area contributed by atoms with E-state index in [1.54, 1.807) is 23.3 Å². The topological polar surface area (TPSA) is 71.8 Å². The number of ether oxygens (including phenoxy) is 1. The minimum Gasteiger partial charge on any atom is -0.495 e. The fourth-order valence-electron chi connectivity index (χ4n) is 3.53. The molecule has 0 bridgehead atoms. The van der Waals surface area contributed by atoms with E-state index in [-0.39, 0.29) is 6.03 Å². The van der Waals surface area contributed by atoms with Gasteiger partial charge < -0.3 is 15.0 Å². The molecular weight excluding hydrogens is 422 g/mol. The molecular formula is C21H18ClN5O2S. The number of carbonyl (C=O) groups is 1. The Morgan fingerprint density at radius 3 is 2.80 bits per heavy atom. The number of rotatable bonds is 3. The molecule has 2 amide bonds. The fraction of sp³-hybridized carbons (Fsp3) is 0.190. The lowest BCUT2D eigenvalue weighted by Gasteiger charge is -2.27. The van der Waals surface area contributed by atoms with E-state index < -0.39 is 0 Å². The molecule has 3 heterocycles. The predicted octanol–water partition coefficient (Wildman–Crippen LogP) is 4.71. The summed E-state index contributed by atoms with van der Waals surface area (Å²) in [6.45, 7) is 1.14. The molecule has 2 aromatic heterocycles. The lowest BCUT2D eigenvalue weighted by atomic mass is 10.2. The minimum absolute atomic E-state index is 0.147. The minimum atomic E-state index is -0.147. The van der Waals surface area contributed by atoms with Crippen LogP contribution in [0.5, 0.6) is 5.75 Å². The summed E-state index contributed by atoms with van der Waals surface area (Å²) in [7, 11) is 1.59. The second-order valence-electron chi connectivity index (χ2n) is 6.91. The van der Waals surface area contributed by atoms with Crippen LogP contribution < -0.4 is 10.1 Å². The van der Waals surface area contributed by atoms with E-state index in [0.717, 1.165) is 27.5 Å². The highest BCUT2D eigenvalue weighted by Crippen LogP contribution is 2.31. The zero-order valence-electron chi connectivity index (χ0n) is 16.1. The molecule has 0 unspecified atom stereocenters. The molecule has 1 aliphatic rings. The maximum absolute atomic E-state index is 12.8. The number of methoxy groups -OCH3 is 1. The standard InChI is InChI=1S/C21H18ClN5O2S/c1-29-17-5-3-2-4-15(17)23-20(28)26-11-10-16-18(12-26)30-21-24-19(25-27(16)21)13-6-8-14(22)9-7-13/h2-9H,10-12H2,1H3,(H,23,28). The third kappa shape index (κ3) is 3.38. The van der Waals surface area contributed by atoms with Crippen LogP contribution in [0.15, 0.2) is 48.5 Å². The number of halogens is 1. The Bertz CT molecular complexity index is 1230. The molecule has 0 saturated carbocycles. The molecule has 1 aliphatic heterocycles. The lowest BCUT2D eigenvalue weighted by molar-refractivity contribution is 0.206.